The summed E-state index contributed by atoms with van der Waals surface area (Å²) in [5.41, 5.74) is 0.643. The Bertz CT molecular complexity index is 791. The maximum absolute atomic E-state index is 14.0. The van der Waals surface area contributed by atoms with Gasteiger partial charge in [-0.05, 0) is 32.0 Å². The predicted molar refractivity (Wildman–Crippen MR) is 95.8 cm³/mol. The van der Waals surface area contributed by atoms with E-state index < -0.39 is 29.8 Å². The van der Waals surface area contributed by atoms with Crippen LogP contribution in [0.2, 0.25) is 0 Å². The molecule has 0 aromatic heterocycles. The van der Waals surface area contributed by atoms with Crippen LogP contribution < -0.4 is 15.5 Å². The van der Waals surface area contributed by atoms with Crippen LogP contribution in [0.5, 0.6) is 0 Å². The minimum atomic E-state index is -0.782. The number of halogens is 1. The summed E-state index contributed by atoms with van der Waals surface area (Å²) in [4.78, 5) is 37.6. The molecule has 1 unspecified atom stereocenters. The standard InChI is InChI=1S/C18H22FN3O5/c1-5-26-17(24)15-10(2)20-18(25)21-13(15)9-27-16(23)11-6-7-14(22(3)4)12(19)8-11/h6-8,10H,5,9H2,1-4H3,(H2,20,21,25). The Kier molecular flexibility index (Phi) is 6.38. The van der Waals surface area contributed by atoms with Gasteiger partial charge in [0.25, 0.3) is 0 Å². The minimum absolute atomic E-state index is 0.0182. The first-order valence-corrected chi connectivity index (χ1v) is 8.36. The van der Waals surface area contributed by atoms with Crippen LogP contribution in [0.25, 0.3) is 0 Å². The van der Waals surface area contributed by atoms with E-state index in [0.717, 1.165) is 6.07 Å². The molecular formula is C18H22FN3O5. The molecule has 1 heterocycles. The molecule has 1 aromatic carbocycles. The molecule has 1 atom stereocenters. The van der Waals surface area contributed by atoms with E-state index in [1.807, 2.05) is 0 Å². The molecule has 1 aliphatic heterocycles. The topological polar surface area (TPSA) is 97.0 Å². The largest absolute Gasteiger partial charge is 0.463 e. The molecule has 8 nitrogen and oxygen atoms in total. The van der Waals surface area contributed by atoms with Gasteiger partial charge in [0.1, 0.15) is 12.4 Å². The predicted octanol–water partition coefficient (Wildman–Crippen LogP) is 1.57. The Morgan fingerprint density at radius 2 is 1.93 bits per heavy atom. The van der Waals surface area contributed by atoms with Crippen molar-refractivity contribution in [2.24, 2.45) is 0 Å². The summed E-state index contributed by atoms with van der Waals surface area (Å²) in [6.45, 7) is 3.07. The van der Waals surface area contributed by atoms with Crippen LogP contribution in [0.1, 0.15) is 24.2 Å². The average Bonchev–Trinajstić information content (AvgIpc) is 2.58. The third kappa shape index (κ3) is 4.75. The van der Waals surface area contributed by atoms with Crippen molar-refractivity contribution >= 4 is 23.7 Å². The lowest BCUT2D eigenvalue weighted by atomic mass is 10.0. The van der Waals surface area contributed by atoms with Crippen LogP contribution in [-0.4, -0.2) is 51.3 Å². The molecule has 2 N–H and O–H groups in total. The number of rotatable bonds is 6. The fraction of sp³-hybridized carbons (Fsp3) is 0.389. The van der Waals surface area contributed by atoms with Gasteiger partial charge in [-0.15, -0.1) is 0 Å². The molecule has 2 rings (SSSR count). The second-order valence-corrected chi connectivity index (χ2v) is 6.07. The van der Waals surface area contributed by atoms with Crippen molar-refractivity contribution in [2.75, 3.05) is 32.2 Å². The van der Waals surface area contributed by atoms with Crippen molar-refractivity contribution in [3.63, 3.8) is 0 Å². The maximum atomic E-state index is 14.0. The molecule has 1 aliphatic rings. The number of esters is 2. The van der Waals surface area contributed by atoms with Gasteiger partial charge in [0.05, 0.1) is 35.2 Å². The average molecular weight is 379 g/mol. The number of nitrogens with zero attached hydrogens (tertiary/aromatic N) is 1. The zero-order valence-corrected chi connectivity index (χ0v) is 15.6. The SMILES string of the molecule is CCOC(=O)C1=C(COC(=O)c2ccc(N(C)C)c(F)c2)NC(=O)NC1C. The first-order valence-electron chi connectivity index (χ1n) is 8.36. The van der Waals surface area contributed by atoms with Gasteiger partial charge in [-0.3, -0.25) is 0 Å². The number of nitrogens with one attached hydrogen (secondary N) is 2. The summed E-state index contributed by atoms with van der Waals surface area (Å²) < 4.78 is 24.2. The lowest BCUT2D eigenvalue weighted by molar-refractivity contribution is -0.139. The van der Waals surface area contributed by atoms with E-state index in [9.17, 15) is 18.8 Å². The van der Waals surface area contributed by atoms with Gasteiger partial charge in [0, 0.05) is 14.1 Å². The van der Waals surface area contributed by atoms with E-state index in [1.54, 1.807) is 32.8 Å². The van der Waals surface area contributed by atoms with Gasteiger partial charge in [0.2, 0.25) is 0 Å². The van der Waals surface area contributed by atoms with Gasteiger partial charge in [-0.1, -0.05) is 0 Å². The zero-order chi connectivity index (χ0) is 20.1. The fourth-order valence-electron chi connectivity index (χ4n) is 2.61. The highest BCUT2D eigenvalue weighted by Gasteiger charge is 2.30. The highest BCUT2D eigenvalue weighted by atomic mass is 19.1. The van der Waals surface area contributed by atoms with Crippen molar-refractivity contribution in [1.82, 2.24) is 10.6 Å². The number of benzene rings is 1. The zero-order valence-electron chi connectivity index (χ0n) is 15.6. The molecule has 27 heavy (non-hydrogen) atoms. The molecule has 0 fully saturated rings. The molecule has 0 saturated heterocycles. The van der Waals surface area contributed by atoms with Crippen LogP contribution in [0.15, 0.2) is 29.5 Å². The van der Waals surface area contributed by atoms with Crippen molar-refractivity contribution in [3.8, 4) is 0 Å². The smallest absolute Gasteiger partial charge is 0.338 e. The number of urea groups is 1. The Hall–Kier alpha value is -3.10. The molecule has 146 valence electrons. The molecule has 0 radical (unpaired) electrons. The number of hydrogen-bond donors (Lipinski definition) is 2. The molecule has 0 bridgehead atoms. The van der Waals surface area contributed by atoms with Crippen molar-refractivity contribution in [2.45, 2.75) is 19.9 Å². The molecule has 9 heteroatoms. The second kappa shape index (κ2) is 8.52. The summed E-state index contributed by atoms with van der Waals surface area (Å²) in [6.07, 6.45) is 0. The summed E-state index contributed by atoms with van der Waals surface area (Å²) in [5, 5.41) is 4.99. The van der Waals surface area contributed by atoms with Crippen LogP contribution >= 0.6 is 0 Å². The Balaban J connectivity index is 2.18. The third-order valence-electron chi connectivity index (χ3n) is 3.88. The van der Waals surface area contributed by atoms with E-state index in [4.69, 9.17) is 9.47 Å². The molecule has 2 amide bonds. The number of carbonyl (C=O) groups excluding carboxylic acids is 3. The molecular weight excluding hydrogens is 357 g/mol. The summed E-state index contributed by atoms with van der Waals surface area (Å²) in [6, 6.07) is 2.84. The van der Waals surface area contributed by atoms with Crippen molar-refractivity contribution in [3.05, 3.63) is 40.8 Å². The van der Waals surface area contributed by atoms with Crippen molar-refractivity contribution < 1.29 is 28.2 Å². The first kappa shape index (κ1) is 20.2. The number of ether oxygens (including phenoxy) is 2. The van der Waals surface area contributed by atoms with Crippen molar-refractivity contribution in [1.29, 1.82) is 0 Å². The number of hydrogen-bond acceptors (Lipinski definition) is 6. The number of carbonyl (C=O) groups is 3. The fourth-order valence-corrected chi connectivity index (χ4v) is 2.61. The van der Waals surface area contributed by atoms with Gasteiger partial charge in [-0.25, -0.2) is 18.8 Å². The Morgan fingerprint density at radius 3 is 2.52 bits per heavy atom. The lowest BCUT2D eigenvalue weighted by Gasteiger charge is -2.26. The molecule has 0 spiro atoms. The highest BCUT2D eigenvalue weighted by Crippen LogP contribution is 2.19. The van der Waals surface area contributed by atoms with Gasteiger partial charge >= 0.3 is 18.0 Å². The molecule has 0 saturated carbocycles. The van der Waals surface area contributed by atoms with Gasteiger partial charge in [0.15, 0.2) is 0 Å². The van der Waals surface area contributed by atoms with Crippen LogP contribution in [0.3, 0.4) is 0 Å². The van der Waals surface area contributed by atoms with E-state index in [0.29, 0.717) is 5.69 Å². The number of amides is 2. The maximum Gasteiger partial charge on any atom is 0.338 e. The van der Waals surface area contributed by atoms with Crippen LogP contribution in [-0.2, 0) is 14.3 Å². The van der Waals surface area contributed by atoms with E-state index in [-0.39, 0.29) is 30.0 Å². The van der Waals surface area contributed by atoms with Crippen LogP contribution in [0, 0.1) is 5.82 Å². The summed E-state index contributed by atoms with van der Waals surface area (Å²) in [5.74, 6) is -1.97. The first-order chi connectivity index (χ1) is 12.7. The molecule has 0 aliphatic carbocycles. The van der Waals surface area contributed by atoms with E-state index in [2.05, 4.69) is 10.6 Å². The van der Waals surface area contributed by atoms with E-state index in [1.165, 1.54) is 12.1 Å². The molecule has 1 aromatic rings. The Labute approximate surface area is 156 Å². The lowest BCUT2D eigenvalue weighted by Crippen LogP contribution is -2.50. The quantitative estimate of drug-likeness (QED) is 0.729. The minimum Gasteiger partial charge on any atom is -0.463 e. The van der Waals surface area contributed by atoms with E-state index >= 15 is 0 Å². The van der Waals surface area contributed by atoms with Crippen LogP contribution in [0.4, 0.5) is 14.9 Å². The number of anilines is 1. The highest BCUT2D eigenvalue weighted by molar-refractivity contribution is 5.95. The van der Waals surface area contributed by atoms with Gasteiger partial charge in [-0.2, -0.15) is 0 Å². The monoisotopic (exact) mass is 379 g/mol. The second-order valence-electron chi connectivity index (χ2n) is 6.07. The Morgan fingerprint density at radius 1 is 1.22 bits per heavy atom. The normalized spacial score (nSPS) is 16.3. The van der Waals surface area contributed by atoms with Gasteiger partial charge < -0.3 is 25.0 Å². The summed E-state index contributed by atoms with van der Waals surface area (Å²) >= 11 is 0. The third-order valence-corrected chi connectivity index (χ3v) is 3.88. The summed E-state index contributed by atoms with van der Waals surface area (Å²) in [7, 11) is 3.36.